The number of ether oxygens (including phenoxy) is 2. The molecular formula is C20H22N2O6S2. The van der Waals surface area contributed by atoms with Gasteiger partial charge in [0.1, 0.15) is 9.75 Å². The van der Waals surface area contributed by atoms with Crippen molar-refractivity contribution >= 4 is 57.8 Å². The zero-order valence-electron chi connectivity index (χ0n) is 16.6. The summed E-state index contributed by atoms with van der Waals surface area (Å²) in [7, 11) is 2.59. The molecule has 3 rings (SSSR count). The van der Waals surface area contributed by atoms with E-state index in [2.05, 4.69) is 10.6 Å². The van der Waals surface area contributed by atoms with Gasteiger partial charge < -0.3 is 20.1 Å². The van der Waals surface area contributed by atoms with E-state index in [9.17, 15) is 19.2 Å². The fourth-order valence-electron chi connectivity index (χ4n) is 3.40. The molecule has 0 spiro atoms. The third-order valence-electron chi connectivity index (χ3n) is 5.06. The Balaban J connectivity index is 1.53. The fraction of sp³-hybridized carbons (Fsp3) is 0.400. The van der Waals surface area contributed by atoms with Gasteiger partial charge in [-0.25, -0.2) is 9.59 Å². The van der Waals surface area contributed by atoms with Crippen molar-refractivity contribution in [3.05, 3.63) is 32.6 Å². The zero-order valence-corrected chi connectivity index (χ0v) is 18.2. The van der Waals surface area contributed by atoms with Crippen LogP contribution in [0.2, 0.25) is 0 Å². The van der Waals surface area contributed by atoms with Gasteiger partial charge in [-0.2, -0.15) is 0 Å². The number of nitrogens with one attached hydrogen (secondary N) is 2. The third kappa shape index (κ3) is 4.88. The van der Waals surface area contributed by atoms with Crippen LogP contribution in [0.1, 0.15) is 45.0 Å². The summed E-state index contributed by atoms with van der Waals surface area (Å²) in [4.78, 5) is 49.4. The summed E-state index contributed by atoms with van der Waals surface area (Å²) in [6.07, 6.45) is 2.26. The van der Waals surface area contributed by atoms with Crippen LogP contribution >= 0.6 is 22.7 Å². The summed E-state index contributed by atoms with van der Waals surface area (Å²) < 4.78 is 9.45. The molecular weight excluding hydrogens is 428 g/mol. The maximum atomic E-state index is 12.6. The minimum Gasteiger partial charge on any atom is -0.465 e. The molecule has 0 atom stereocenters. The summed E-state index contributed by atoms with van der Waals surface area (Å²) in [6, 6.07) is 3.35. The molecule has 0 aromatic carbocycles. The molecule has 1 fully saturated rings. The lowest BCUT2D eigenvalue weighted by atomic mass is 9.81. The van der Waals surface area contributed by atoms with Gasteiger partial charge in [-0.15, -0.1) is 22.7 Å². The van der Waals surface area contributed by atoms with Crippen molar-refractivity contribution in [2.45, 2.75) is 25.7 Å². The van der Waals surface area contributed by atoms with Crippen LogP contribution in [-0.4, -0.2) is 38.0 Å². The van der Waals surface area contributed by atoms with Gasteiger partial charge in [-0.05, 0) is 48.6 Å². The van der Waals surface area contributed by atoms with Crippen molar-refractivity contribution in [2.75, 3.05) is 24.9 Å². The molecule has 0 radical (unpaired) electrons. The summed E-state index contributed by atoms with van der Waals surface area (Å²) in [6.45, 7) is 0. The second-order valence-electron chi connectivity index (χ2n) is 6.84. The quantitative estimate of drug-likeness (QED) is 0.648. The number of esters is 2. The van der Waals surface area contributed by atoms with Gasteiger partial charge >= 0.3 is 11.9 Å². The smallest absolute Gasteiger partial charge is 0.350 e. The first kappa shape index (κ1) is 22.0. The second kappa shape index (κ2) is 9.86. The van der Waals surface area contributed by atoms with Gasteiger partial charge in [0.25, 0.3) is 0 Å². The maximum absolute atomic E-state index is 12.6. The van der Waals surface area contributed by atoms with E-state index in [1.807, 2.05) is 0 Å². The third-order valence-corrected chi connectivity index (χ3v) is 6.85. The van der Waals surface area contributed by atoms with Crippen molar-refractivity contribution in [2.24, 2.45) is 11.8 Å². The first-order valence-electron chi connectivity index (χ1n) is 9.38. The molecule has 1 saturated carbocycles. The lowest BCUT2D eigenvalue weighted by molar-refractivity contribution is -0.125. The molecule has 2 heterocycles. The van der Waals surface area contributed by atoms with Crippen LogP contribution in [0.25, 0.3) is 0 Å². The molecule has 30 heavy (non-hydrogen) atoms. The first-order chi connectivity index (χ1) is 14.4. The molecule has 0 saturated heterocycles. The number of methoxy groups -OCH3 is 2. The lowest BCUT2D eigenvalue weighted by Gasteiger charge is -2.27. The van der Waals surface area contributed by atoms with E-state index >= 15 is 0 Å². The molecule has 2 amide bonds. The Labute approximate surface area is 181 Å². The molecule has 2 aromatic rings. The molecule has 160 valence electrons. The summed E-state index contributed by atoms with van der Waals surface area (Å²) in [5.74, 6) is -1.76. The zero-order chi connectivity index (χ0) is 21.7. The van der Waals surface area contributed by atoms with Gasteiger partial charge in [0.05, 0.1) is 25.6 Å². The predicted molar refractivity (Wildman–Crippen MR) is 114 cm³/mol. The molecule has 0 unspecified atom stereocenters. The number of amides is 2. The van der Waals surface area contributed by atoms with E-state index < -0.39 is 11.9 Å². The minimum atomic E-state index is -0.486. The monoisotopic (exact) mass is 450 g/mol. The fourth-order valence-corrected chi connectivity index (χ4v) is 4.94. The van der Waals surface area contributed by atoms with E-state index in [-0.39, 0.29) is 23.7 Å². The molecule has 10 heteroatoms. The standard InChI is InChI=1S/C20H22N2O6S2/c1-27-19(25)15-13(7-9-29-15)21-17(23)11-3-5-12(6-4-11)18(24)22-14-8-10-30-16(14)20(26)28-2/h7-12H,3-6H2,1-2H3,(H,21,23)(H,22,24). The summed E-state index contributed by atoms with van der Waals surface area (Å²) in [5.41, 5.74) is 0.897. The Morgan fingerprint density at radius 1 is 0.767 bits per heavy atom. The SMILES string of the molecule is COC(=O)c1sccc1NC(=O)C1CCC(C(=O)Nc2ccsc2C(=O)OC)CC1. The van der Waals surface area contributed by atoms with Crippen molar-refractivity contribution in [3.63, 3.8) is 0 Å². The van der Waals surface area contributed by atoms with Crippen LogP contribution in [0.3, 0.4) is 0 Å². The normalized spacial score (nSPS) is 18.3. The highest BCUT2D eigenvalue weighted by atomic mass is 32.1. The number of thiophene rings is 2. The predicted octanol–water partition coefficient (Wildman–Crippen LogP) is 3.77. The van der Waals surface area contributed by atoms with E-state index in [1.165, 1.54) is 36.9 Å². The Hall–Kier alpha value is -2.72. The minimum absolute atomic E-state index is 0.164. The highest BCUT2D eigenvalue weighted by Crippen LogP contribution is 2.32. The van der Waals surface area contributed by atoms with Crippen LogP contribution in [0, 0.1) is 11.8 Å². The van der Waals surface area contributed by atoms with Gasteiger partial charge in [-0.1, -0.05) is 0 Å². The Bertz CT molecular complexity index is 867. The van der Waals surface area contributed by atoms with Crippen molar-refractivity contribution in [1.82, 2.24) is 0 Å². The van der Waals surface area contributed by atoms with Crippen LogP contribution < -0.4 is 10.6 Å². The van der Waals surface area contributed by atoms with Crippen molar-refractivity contribution < 1.29 is 28.7 Å². The average Bonchev–Trinajstić information content (AvgIpc) is 3.42. The van der Waals surface area contributed by atoms with Crippen LogP contribution in [0.15, 0.2) is 22.9 Å². The number of hydrogen-bond donors (Lipinski definition) is 2. The van der Waals surface area contributed by atoms with E-state index in [1.54, 1.807) is 22.9 Å². The number of rotatable bonds is 6. The average molecular weight is 451 g/mol. The van der Waals surface area contributed by atoms with E-state index in [0.29, 0.717) is 46.8 Å². The Morgan fingerprint density at radius 2 is 1.13 bits per heavy atom. The van der Waals surface area contributed by atoms with Crippen LogP contribution in [0.5, 0.6) is 0 Å². The summed E-state index contributed by atoms with van der Waals surface area (Å²) in [5, 5.41) is 9.04. The van der Waals surface area contributed by atoms with Gasteiger partial charge in [0.15, 0.2) is 0 Å². The lowest BCUT2D eigenvalue weighted by Crippen LogP contribution is -2.32. The Morgan fingerprint density at radius 3 is 1.47 bits per heavy atom. The molecule has 1 aliphatic rings. The summed E-state index contributed by atoms with van der Waals surface area (Å²) >= 11 is 2.41. The van der Waals surface area contributed by atoms with Gasteiger partial charge in [0.2, 0.25) is 11.8 Å². The molecule has 2 N–H and O–H groups in total. The molecule has 0 bridgehead atoms. The highest BCUT2D eigenvalue weighted by molar-refractivity contribution is 7.13. The number of carbonyl (C=O) groups is 4. The first-order valence-corrected chi connectivity index (χ1v) is 11.1. The van der Waals surface area contributed by atoms with Crippen LogP contribution in [0.4, 0.5) is 11.4 Å². The largest absolute Gasteiger partial charge is 0.465 e. The van der Waals surface area contributed by atoms with Crippen molar-refractivity contribution in [1.29, 1.82) is 0 Å². The highest BCUT2D eigenvalue weighted by Gasteiger charge is 2.31. The second-order valence-corrected chi connectivity index (χ2v) is 8.67. The molecule has 1 aliphatic carbocycles. The molecule has 8 nitrogen and oxygen atoms in total. The maximum Gasteiger partial charge on any atom is 0.350 e. The number of hydrogen-bond acceptors (Lipinski definition) is 8. The van der Waals surface area contributed by atoms with Crippen molar-refractivity contribution in [3.8, 4) is 0 Å². The van der Waals surface area contributed by atoms with E-state index in [0.717, 1.165) is 0 Å². The van der Waals surface area contributed by atoms with Gasteiger partial charge in [0, 0.05) is 11.8 Å². The molecule has 0 aliphatic heterocycles. The van der Waals surface area contributed by atoms with E-state index in [4.69, 9.17) is 9.47 Å². The molecule has 2 aromatic heterocycles. The van der Waals surface area contributed by atoms with Crippen LogP contribution in [-0.2, 0) is 19.1 Å². The Kier molecular flexibility index (Phi) is 7.22. The van der Waals surface area contributed by atoms with Gasteiger partial charge in [-0.3, -0.25) is 9.59 Å². The number of carbonyl (C=O) groups excluding carboxylic acids is 4. The topological polar surface area (TPSA) is 111 Å². The number of anilines is 2.